The monoisotopic (exact) mass is 212 g/mol. The van der Waals surface area contributed by atoms with Crippen molar-refractivity contribution in [2.75, 3.05) is 0 Å². The molecule has 0 aliphatic heterocycles. The van der Waals surface area contributed by atoms with Gasteiger partial charge < -0.3 is 0 Å². The van der Waals surface area contributed by atoms with E-state index in [-0.39, 0.29) is 35.2 Å². The molecular formula is C14H12O2. The zero-order valence-electron chi connectivity index (χ0n) is 8.74. The number of rotatable bonds is 0. The van der Waals surface area contributed by atoms with E-state index in [1.165, 1.54) is 0 Å². The Labute approximate surface area is 94.0 Å². The fourth-order valence-electron chi connectivity index (χ4n) is 2.75. The van der Waals surface area contributed by atoms with Gasteiger partial charge in [-0.3, -0.25) is 9.59 Å². The molecule has 0 heterocycles. The molecule has 0 radical (unpaired) electrons. The molecule has 16 heavy (non-hydrogen) atoms. The van der Waals surface area contributed by atoms with Crippen molar-refractivity contribution in [2.45, 2.75) is 0 Å². The lowest BCUT2D eigenvalue weighted by Crippen LogP contribution is -2.45. The van der Waals surface area contributed by atoms with Crippen molar-refractivity contribution < 1.29 is 9.59 Å². The molecule has 0 spiro atoms. The minimum absolute atomic E-state index is 0.177. The van der Waals surface area contributed by atoms with Crippen molar-refractivity contribution in [2.24, 2.45) is 23.7 Å². The van der Waals surface area contributed by atoms with Crippen molar-refractivity contribution in [3.8, 4) is 0 Å². The number of hydrogen-bond acceptors (Lipinski definition) is 2. The molecule has 0 aromatic rings. The van der Waals surface area contributed by atoms with E-state index in [2.05, 4.69) is 0 Å². The molecule has 2 nitrogen and oxygen atoms in total. The molecule has 3 rings (SSSR count). The van der Waals surface area contributed by atoms with E-state index >= 15 is 0 Å². The lowest BCUT2D eigenvalue weighted by Gasteiger charge is -2.36. The minimum Gasteiger partial charge on any atom is -0.298 e. The first-order valence-electron chi connectivity index (χ1n) is 5.56. The minimum atomic E-state index is -0.241. The molecule has 4 unspecified atom stereocenters. The standard InChI is InChI=1S/C14H12O2/c15-13-9-5-1-2-6-10(9)14(16)12-8-4-3-7-11(12)13/h1-12H. The Bertz CT molecular complexity index is 381. The molecule has 0 N–H and O–H groups in total. The molecule has 3 aliphatic carbocycles. The van der Waals surface area contributed by atoms with Crippen LogP contribution in [0.3, 0.4) is 0 Å². The van der Waals surface area contributed by atoms with Gasteiger partial charge in [-0.2, -0.15) is 0 Å². The highest BCUT2D eigenvalue weighted by Gasteiger charge is 2.46. The first-order valence-corrected chi connectivity index (χ1v) is 5.56. The second-order valence-electron chi connectivity index (χ2n) is 4.45. The van der Waals surface area contributed by atoms with Crippen molar-refractivity contribution in [1.29, 1.82) is 0 Å². The van der Waals surface area contributed by atoms with Crippen LogP contribution in [0.4, 0.5) is 0 Å². The summed E-state index contributed by atoms with van der Waals surface area (Å²) < 4.78 is 0. The second kappa shape index (κ2) is 3.41. The summed E-state index contributed by atoms with van der Waals surface area (Å²) in [6, 6.07) is 0. The summed E-state index contributed by atoms with van der Waals surface area (Å²) in [5.74, 6) is -0.610. The summed E-state index contributed by atoms with van der Waals surface area (Å²) >= 11 is 0. The summed E-state index contributed by atoms with van der Waals surface area (Å²) in [6.45, 7) is 0. The van der Waals surface area contributed by atoms with E-state index in [0.29, 0.717) is 0 Å². The summed E-state index contributed by atoms with van der Waals surface area (Å²) in [7, 11) is 0. The van der Waals surface area contributed by atoms with E-state index < -0.39 is 0 Å². The summed E-state index contributed by atoms with van der Waals surface area (Å²) in [6.07, 6.45) is 14.8. The molecule has 0 bridgehead atoms. The Hall–Kier alpha value is -1.70. The normalized spacial score (nSPS) is 39.8. The number of carbonyl (C=O) groups is 2. The number of hydrogen-bond donors (Lipinski definition) is 0. The van der Waals surface area contributed by atoms with Crippen LogP contribution >= 0.6 is 0 Å². The van der Waals surface area contributed by atoms with E-state index in [1.807, 2.05) is 48.6 Å². The number of Topliss-reactive ketones (excluding diaryl/α,β-unsaturated/α-hetero) is 2. The van der Waals surface area contributed by atoms with Gasteiger partial charge in [0.25, 0.3) is 0 Å². The molecule has 2 heteroatoms. The third-order valence-electron chi connectivity index (χ3n) is 3.58. The largest absolute Gasteiger partial charge is 0.298 e. The average molecular weight is 212 g/mol. The first kappa shape index (κ1) is 9.52. The van der Waals surface area contributed by atoms with E-state index in [0.717, 1.165) is 0 Å². The molecule has 0 aromatic heterocycles. The number of fused-ring (bicyclic) bond motifs is 2. The first-order chi connectivity index (χ1) is 7.79. The van der Waals surface area contributed by atoms with Gasteiger partial charge in [-0.15, -0.1) is 0 Å². The smallest absolute Gasteiger partial charge is 0.148 e. The van der Waals surface area contributed by atoms with Gasteiger partial charge in [0.2, 0.25) is 0 Å². The van der Waals surface area contributed by atoms with E-state index in [1.54, 1.807) is 0 Å². The second-order valence-corrected chi connectivity index (χ2v) is 4.45. The Morgan fingerprint density at radius 3 is 1.06 bits per heavy atom. The molecule has 80 valence electrons. The maximum atomic E-state index is 12.2. The zero-order chi connectivity index (χ0) is 11.1. The molecular weight excluding hydrogens is 200 g/mol. The van der Waals surface area contributed by atoms with Gasteiger partial charge in [-0.05, 0) is 0 Å². The molecule has 0 saturated heterocycles. The highest BCUT2D eigenvalue weighted by atomic mass is 16.1. The molecule has 0 aromatic carbocycles. The summed E-state index contributed by atoms with van der Waals surface area (Å²) in [5, 5.41) is 0. The van der Waals surface area contributed by atoms with Crippen LogP contribution in [0.2, 0.25) is 0 Å². The predicted octanol–water partition coefficient (Wildman–Crippen LogP) is 1.85. The van der Waals surface area contributed by atoms with Crippen molar-refractivity contribution in [3.63, 3.8) is 0 Å². The Balaban J connectivity index is 2.04. The van der Waals surface area contributed by atoms with Crippen LogP contribution < -0.4 is 0 Å². The maximum absolute atomic E-state index is 12.2. The van der Waals surface area contributed by atoms with Crippen molar-refractivity contribution in [1.82, 2.24) is 0 Å². The van der Waals surface area contributed by atoms with Gasteiger partial charge in [-0.25, -0.2) is 0 Å². The van der Waals surface area contributed by atoms with Crippen LogP contribution in [0, 0.1) is 23.7 Å². The number of allylic oxidation sites excluding steroid dienone is 8. The molecule has 1 fully saturated rings. The third kappa shape index (κ3) is 1.19. The quantitative estimate of drug-likeness (QED) is 0.614. The van der Waals surface area contributed by atoms with Crippen molar-refractivity contribution in [3.05, 3.63) is 48.6 Å². The Morgan fingerprint density at radius 2 is 0.812 bits per heavy atom. The van der Waals surface area contributed by atoms with E-state index in [4.69, 9.17) is 0 Å². The predicted molar refractivity (Wildman–Crippen MR) is 60.5 cm³/mol. The lowest BCUT2D eigenvalue weighted by molar-refractivity contribution is -0.140. The van der Waals surface area contributed by atoms with E-state index in [9.17, 15) is 9.59 Å². The lowest BCUT2D eigenvalue weighted by atomic mass is 9.64. The highest BCUT2D eigenvalue weighted by Crippen LogP contribution is 2.38. The highest BCUT2D eigenvalue weighted by molar-refractivity contribution is 6.03. The van der Waals surface area contributed by atoms with Crippen LogP contribution in [-0.4, -0.2) is 11.6 Å². The molecule has 4 atom stereocenters. The van der Waals surface area contributed by atoms with Crippen LogP contribution in [0.1, 0.15) is 0 Å². The third-order valence-corrected chi connectivity index (χ3v) is 3.58. The number of carbonyl (C=O) groups excluding carboxylic acids is 2. The van der Waals surface area contributed by atoms with Crippen LogP contribution in [-0.2, 0) is 9.59 Å². The Morgan fingerprint density at radius 1 is 0.562 bits per heavy atom. The fourth-order valence-corrected chi connectivity index (χ4v) is 2.75. The summed E-state index contributed by atoms with van der Waals surface area (Å²) in [5.41, 5.74) is 0. The van der Waals surface area contributed by atoms with Gasteiger partial charge in [0.1, 0.15) is 11.6 Å². The number of ketones is 2. The topological polar surface area (TPSA) is 34.1 Å². The summed E-state index contributed by atoms with van der Waals surface area (Å²) in [4.78, 5) is 24.4. The van der Waals surface area contributed by atoms with Crippen LogP contribution in [0.5, 0.6) is 0 Å². The fraction of sp³-hybridized carbons (Fsp3) is 0.286. The maximum Gasteiger partial charge on any atom is 0.148 e. The SMILES string of the molecule is O=C1C2C=CC=CC2C(=O)C2C=CC=CC12. The molecule has 1 saturated carbocycles. The average Bonchev–Trinajstić information content (AvgIpc) is 2.36. The van der Waals surface area contributed by atoms with Gasteiger partial charge in [0, 0.05) is 23.7 Å². The molecule has 3 aliphatic rings. The zero-order valence-corrected chi connectivity index (χ0v) is 8.74. The van der Waals surface area contributed by atoms with Gasteiger partial charge in [-0.1, -0.05) is 48.6 Å². The van der Waals surface area contributed by atoms with Gasteiger partial charge in [0.15, 0.2) is 0 Å². The molecule has 0 amide bonds. The van der Waals surface area contributed by atoms with Crippen LogP contribution in [0.25, 0.3) is 0 Å². The van der Waals surface area contributed by atoms with Crippen LogP contribution in [0.15, 0.2) is 48.6 Å². The van der Waals surface area contributed by atoms with Gasteiger partial charge in [0.05, 0.1) is 0 Å². The Kier molecular flexibility index (Phi) is 2.03. The van der Waals surface area contributed by atoms with Gasteiger partial charge >= 0.3 is 0 Å². The van der Waals surface area contributed by atoms with Crippen molar-refractivity contribution >= 4 is 11.6 Å².